The van der Waals surface area contributed by atoms with Gasteiger partial charge in [-0.05, 0) is 56.2 Å². The largest absolute Gasteiger partial charge is 0.381 e. The maximum Gasteiger partial charge on any atom is 0.156 e. The van der Waals surface area contributed by atoms with E-state index in [1.165, 1.54) is 22.8 Å². The van der Waals surface area contributed by atoms with Crippen LogP contribution < -0.4 is 5.32 Å². The van der Waals surface area contributed by atoms with Crippen LogP contribution in [0.2, 0.25) is 0 Å². The zero-order valence-corrected chi connectivity index (χ0v) is 17.0. The van der Waals surface area contributed by atoms with Gasteiger partial charge in [0.2, 0.25) is 0 Å². The first-order chi connectivity index (χ1) is 14.3. The predicted molar refractivity (Wildman–Crippen MR) is 115 cm³/mol. The fourth-order valence-electron chi connectivity index (χ4n) is 4.82. The van der Waals surface area contributed by atoms with E-state index in [2.05, 4.69) is 58.7 Å². The standard InChI is InChI=1S/C24H28N4O/c1-17-15-19(7-12-25-17)24(10-4-11-24)22-20-5-2-3-6-21(20)23(28-27-22)26-16-18-8-13-29-14-9-18/h2-3,5-7,12,15,18H,4,8-11,13-14,16H2,1H3,(H,26,28). The summed E-state index contributed by atoms with van der Waals surface area (Å²) in [6, 6.07) is 12.9. The van der Waals surface area contributed by atoms with Gasteiger partial charge in [0, 0.05) is 47.8 Å². The molecule has 2 fully saturated rings. The Kier molecular flexibility index (Phi) is 4.92. The number of pyridine rings is 1. The molecule has 1 aliphatic heterocycles. The number of anilines is 1. The summed E-state index contributed by atoms with van der Waals surface area (Å²) in [7, 11) is 0. The fourth-order valence-corrected chi connectivity index (χ4v) is 4.82. The molecular weight excluding hydrogens is 360 g/mol. The van der Waals surface area contributed by atoms with E-state index in [1.807, 2.05) is 6.20 Å². The molecule has 0 bridgehead atoms. The number of rotatable bonds is 5. The van der Waals surface area contributed by atoms with E-state index in [0.29, 0.717) is 5.92 Å². The zero-order chi connectivity index (χ0) is 19.7. The summed E-state index contributed by atoms with van der Waals surface area (Å²) in [5.41, 5.74) is 3.44. The Morgan fingerprint density at radius 3 is 2.59 bits per heavy atom. The van der Waals surface area contributed by atoms with Crippen molar-refractivity contribution in [1.29, 1.82) is 0 Å². The molecule has 5 rings (SSSR count). The van der Waals surface area contributed by atoms with Crippen LogP contribution >= 0.6 is 0 Å². The molecule has 3 aromatic rings. The molecule has 1 N–H and O–H groups in total. The molecule has 1 aromatic carbocycles. The van der Waals surface area contributed by atoms with Gasteiger partial charge in [-0.1, -0.05) is 30.7 Å². The lowest BCUT2D eigenvalue weighted by Crippen LogP contribution is -2.37. The van der Waals surface area contributed by atoms with E-state index in [4.69, 9.17) is 9.84 Å². The topological polar surface area (TPSA) is 59.9 Å². The van der Waals surface area contributed by atoms with E-state index >= 15 is 0 Å². The molecule has 1 saturated heterocycles. The fraction of sp³-hybridized carbons (Fsp3) is 0.458. The van der Waals surface area contributed by atoms with Gasteiger partial charge in [-0.2, -0.15) is 5.10 Å². The molecule has 0 atom stereocenters. The van der Waals surface area contributed by atoms with Gasteiger partial charge in [0.15, 0.2) is 5.82 Å². The predicted octanol–water partition coefficient (Wildman–Crippen LogP) is 4.64. The number of hydrogen-bond donors (Lipinski definition) is 1. The van der Waals surface area contributed by atoms with Crippen LogP contribution in [0.25, 0.3) is 10.8 Å². The second-order valence-corrected chi connectivity index (χ2v) is 8.50. The highest BCUT2D eigenvalue weighted by Gasteiger charge is 2.43. The second-order valence-electron chi connectivity index (χ2n) is 8.50. The summed E-state index contributed by atoms with van der Waals surface area (Å²) in [5.74, 6) is 1.54. The van der Waals surface area contributed by atoms with Gasteiger partial charge >= 0.3 is 0 Å². The Labute approximate surface area is 171 Å². The number of ether oxygens (including phenoxy) is 1. The van der Waals surface area contributed by atoms with Gasteiger partial charge in [-0.3, -0.25) is 4.98 Å². The van der Waals surface area contributed by atoms with Crippen LogP contribution in [0.15, 0.2) is 42.6 Å². The number of aromatic nitrogens is 3. The zero-order valence-electron chi connectivity index (χ0n) is 17.0. The second kappa shape index (κ2) is 7.71. The van der Waals surface area contributed by atoms with E-state index in [-0.39, 0.29) is 5.41 Å². The molecule has 1 aliphatic carbocycles. The number of nitrogens with zero attached hydrogens (tertiary/aromatic N) is 3. The van der Waals surface area contributed by atoms with E-state index in [0.717, 1.165) is 62.6 Å². The van der Waals surface area contributed by atoms with Crippen LogP contribution in [-0.4, -0.2) is 34.9 Å². The summed E-state index contributed by atoms with van der Waals surface area (Å²) < 4.78 is 5.48. The van der Waals surface area contributed by atoms with Gasteiger partial charge in [-0.25, -0.2) is 0 Å². The van der Waals surface area contributed by atoms with Crippen molar-refractivity contribution < 1.29 is 4.74 Å². The SMILES string of the molecule is Cc1cc(C2(c3nnc(NCC4CCOCC4)c4ccccc34)CCC2)ccn1. The monoisotopic (exact) mass is 388 g/mol. The average molecular weight is 389 g/mol. The first-order valence-corrected chi connectivity index (χ1v) is 10.8. The molecule has 0 spiro atoms. The maximum absolute atomic E-state index is 5.48. The molecule has 2 aromatic heterocycles. The molecular formula is C24H28N4O. The molecule has 1 saturated carbocycles. The van der Waals surface area contributed by atoms with E-state index < -0.39 is 0 Å². The first kappa shape index (κ1) is 18.5. The van der Waals surface area contributed by atoms with Crippen molar-refractivity contribution in [3.05, 3.63) is 59.5 Å². The number of fused-ring (bicyclic) bond motifs is 1. The third-order valence-electron chi connectivity index (χ3n) is 6.70. The molecule has 3 heterocycles. The van der Waals surface area contributed by atoms with Crippen LogP contribution in [0.4, 0.5) is 5.82 Å². The molecule has 150 valence electrons. The molecule has 0 amide bonds. The van der Waals surface area contributed by atoms with E-state index in [9.17, 15) is 0 Å². The van der Waals surface area contributed by atoms with Crippen molar-refractivity contribution in [3.8, 4) is 0 Å². The molecule has 5 heteroatoms. The Morgan fingerprint density at radius 2 is 1.86 bits per heavy atom. The third-order valence-corrected chi connectivity index (χ3v) is 6.70. The summed E-state index contributed by atoms with van der Waals surface area (Å²) in [4.78, 5) is 4.40. The minimum Gasteiger partial charge on any atom is -0.381 e. The lowest BCUT2D eigenvalue weighted by Gasteiger charge is -2.42. The van der Waals surface area contributed by atoms with Crippen molar-refractivity contribution in [2.75, 3.05) is 25.1 Å². The van der Waals surface area contributed by atoms with Gasteiger partial charge in [0.05, 0.1) is 5.69 Å². The summed E-state index contributed by atoms with van der Waals surface area (Å²) in [5, 5.41) is 15.5. The minimum atomic E-state index is -0.0421. The van der Waals surface area contributed by atoms with Crippen molar-refractivity contribution >= 4 is 16.6 Å². The Morgan fingerprint density at radius 1 is 1.07 bits per heavy atom. The third kappa shape index (κ3) is 3.38. The minimum absolute atomic E-state index is 0.0421. The number of nitrogens with one attached hydrogen (secondary N) is 1. The molecule has 2 aliphatic rings. The highest BCUT2D eigenvalue weighted by Crippen LogP contribution is 2.50. The number of hydrogen-bond acceptors (Lipinski definition) is 5. The van der Waals surface area contributed by atoms with Crippen molar-refractivity contribution in [2.24, 2.45) is 5.92 Å². The Hall–Kier alpha value is -2.53. The molecule has 0 unspecified atom stereocenters. The van der Waals surface area contributed by atoms with Crippen molar-refractivity contribution in [1.82, 2.24) is 15.2 Å². The van der Waals surface area contributed by atoms with Gasteiger partial charge in [0.1, 0.15) is 0 Å². The smallest absolute Gasteiger partial charge is 0.156 e. The quantitative estimate of drug-likeness (QED) is 0.690. The first-order valence-electron chi connectivity index (χ1n) is 10.8. The summed E-state index contributed by atoms with van der Waals surface area (Å²) >= 11 is 0. The van der Waals surface area contributed by atoms with Crippen LogP contribution in [0.5, 0.6) is 0 Å². The van der Waals surface area contributed by atoms with Gasteiger partial charge < -0.3 is 10.1 Å². The summed E-state index contributed by atoms with van der Waals surface area (Å²) in [6.45, 7) is 4.72. The lowest BCUT2D eigenvalue weighted by molar-refractivity contribution is 0.0699. The van der Waals surface area contributed by atoms with Crippen molar-refractivity contribution in [3.63, 3.8) is 0 Å². The van der Waals surface area contributed by atoms with Crippen LogP contribution in [-0.2, 0) is 10.2 Å². The maximum atomic E-state index is 5.48. The molecule has 29 heavy (non-hydrogen) atoms. The summed E-state index contributed by atoms with van der Waals surface area (Å²) in [6.07, 6.45) is 7.60. The highest BCUT2D eigenvalue weighted by molar-refractivity contribution is 5.94. The van der Waals surface area contributed by atoms with Gasteiger partial charge in [-0.15, -0.1) is 5.10 Å². The molecule has 5 nitrogen and oxygen atoms in total. The lowest BCUT2D eigenvalue weighted by atomic mass is 9.62. The Balaban J connectivity index is 1.52. The van der Waals surface area contributed by atoms with Gasteiger partial charge in [0.25, 0.3) is 0 Å². The van der Waals surface area contributed by atoms with E-state index in [1.54, 1.807) is 0 Å². The normalized spacial score (nSPS) is 19.1. The Bertz CT molecular complexity index is 1010. The van der Waals surface area contributed by atoms with Crippen LogP contribution in [0.3, 0.4) is 0 Å². The highest BCUT2D eigenvalue weighted by atomic mass is 16.5. The number of aryl methyl sites for hydroxylation is 1. The molecule has 0 radical (unpaired) electrons. The average Bonchev–Trinajstić information content (AvgIpc) is 2.73. The van der Waals surface area contributed by atoms with Crippen molar-refractivity contribution in [2.45, 2.75) is 44.4 Å². The van der Waals surface area contributed by atoms with Crippen LogP contribution in [0.1, 0.15) is 49.1 Å². The number of benzene rings is 1. The van der Waals surface area contributed by atoms with Crippen LogP contribution in [0, 0.1) is 12.8 Å².